The number of benzene rings is 1. The van der Waals surface area contributed by atoms with Gasteiger partial charge in [0.1, 0.15) is 5.75 Å². The number of fused-ring (bicyclic) bond motifs is 1. The van der Waals surface area contributed by atoms with Gasteiger partial charge in [0, 0.05) is 44.9 Å². The Morgan fingerprint density at radius 3 is 2.82 bits per heavy atom. The fourth-order valence-corrected chi connectivity index (χ4v) is 3.53. The first-order valence-corrected chi connectivity index (χ1v) is 9.59. The van der Waals surface area contributed by atoms with Crippen LogP contribution in [0, 0.1) is 5.92 Å². The van der Waals surface area contributed by atoms with Gasteiger partial charge in [-0.3, -0.25) is 4.99 Å². The second-order valence-electron chi connectivity index (χ2n) is 7.09. The number of ether oxygens (including phenoxy) is 3. The molecule has 1 saturated heterocycles. The number of halogens is 2. The van der Waals surface area contributed by atoms with E-state index in [2.05, 4.69) is 32.2 Å². The average molecular weight is 398 g/mol. The van der Waals surface area contributed by atoms with Crippen LogP contribution in [-0.4, -0.2) is 57.5 Å². The predicted molar refractivity (Wildman–Crippen MR) is 102 cm³/mol. The van der Waals surface area contributed by atoms with Crippen molar-refractivity contribution in [1.82, 2.24) is 15.5 Å². The zero-order valence-electron chi connectivity index (χ0n) is 16.3. The van der Waals surface area contributed by atoms with E-state index >= 15 is 0 Å². The van der Waals surface area contributed by atoms with Crippen LogP contribution in [-0.2, 0) is 6.54 Å². The van der Waals surface area contributed by atoms with Gasteiger partial charge in [0.15, 0.2) is 17.5 Å². The average Bonchev–Trinajstić information content (AvgIpc) is 3.11. The molecule has 1 atom stereocenters. The molecule has 3 rings (SSSR count). The van der Waals surface area contributed by atoms with Crippen LogP contribution in [0.1, 0.15) is 25.3 Å². The quantitative estimate of drug-likeness (QED) is 0.543. The molecule has 156 valence electrons. The summed E-state index contributed by atoms with van der Waals surface area (Å²) in [5, 5.41) is 6.40. The number of piperidine rings is 1. The number of rotatable bonds is 7. The smallest absolute Gasteiger partial charge is 0.387 e. The summed E-state index contributed by atoms with van der Waals surface area (Å²) in [5.41, 5.74) is 0.539. The minimum Gasteiger partial charge on any atom is -0.454 e. The molecule has 28 heavy (non-hydrogen) atoms. The second kappa shape index (κ2) is 9.77. The number of alkyl halides is 2. The summed E-state index contributed by atoms with van der Waals surface area (Å²) in [4.78, 5) is 6.64. The molecular formula is C19H28F2N4O3. The van der Waals surface area contributed by atoms with Gasteiger partial charge in [-0.05, 0) is 31.4 Å². The lowest BCUT2D eigenvalue weighted by molar-refractivity contribution is -0.0505. The first kappa shape index (κ1) is 20.4. The highest BCUT2D eigenvalue weighted by atomic mass is 19.3. The fraction of sp³-hybridized carbons (Fsp3) is 0.632. The van der Waals surface area contributed by atoms with Gasteiger partial charge in [0.2, 0.25) is 6.79 Å². The Hall–Kier alpha value is -2.29. The van der Waals surface area contributed by atoms with Gasteiger partial charge < -0.3 is 29.7 Å². The van der Waals surface area contributed by atoms with E-state index < -0.39 is 6.61 Å². The maximum atomic E-state index is 12.7. The molecule has 0 aliphatic carbocycles. The third-order valence-electron chi connectivity index (χ3n) is 4.90. The van der Waals surface area contributed by atoms with Crippen molar-refractivity contribution >= 4 is 5.96 Å². The monoisotopic (exact) mass is 398 g/mol. The second-order valence-corrected chi connectivity index (χ2v) is 7.09. The van der Waals surface area contributed by atoms with E-state index in [9.17, 15) is 8.78 Å². The van der Waals surface area contributed by atoms with Crippen LogP contribution in [0.2, 0.25) is 0 Å². The molecule has 1 aromatic rings. The summed E-state index contributed by atoms with van der Waals surface area (Å²) >= 11 is 0. The van der Waals surface area contributed by atoms with Crippen molar-refractivity contribution in [3.8, 4) is 17.2 Å². The van der Waals surface area contributed by atoms with E-state index in [0.717, 1.165) is 32.1 Å². The molecule has 2 aliphatic heterocycles. The molecule has 0 aromatic heterocycles. The molecule has 0 amide bonds. The van der Waals surface area contributed by atoms with Crippen LogP contribution < -0.4 is 24.8 Å². The largest absolute Gasteiger partial charge is 0.454 e. The van der Waals surface area contributed by atoms with E-state index in [0.29, 0.717) is 23.0 Å². The van der Waals surface area contributed by atoms with Crippen LogP contribution in [0.5, 0.6) is 17.2 Å². The molecule has 7 nitrogen and oxygen atoms in total. The summed E-state index contributed by atoms with van der Waals surface area (Å²) in [5.74, 6) is 2.32. The number of hydrogen-bond acceptors (Lipinski definition) is 5. The lowest BCUT2D eigenvalue weighted by Gasteiger charge is -2.30. The summed E-state index contributed by atoms with van der Waals surface area (Å²) in [6.45, 7) is 3.65. The molecule has 1 unspecified atom stereocenters. The number of nitrogens with zero attached hydrogens (tertiary/aromatic N) is 2. The van der Waals surface area contributed by atoms with Crippen molar-refractivity contribution in [1.29, 1.82) is 0 Å². The topological polar surface area (TPSA) is 67.4 Å². The Labute approximate surface area is 164 Å². The molecule has 9 heteroatoms. The van der Waals surface area contributed by atoms with Gasteiger partial charge in [-0.1, -0.05) is 6.92 Å². The number of likely N-dealkylation sites (tertiary alicyclic amines) is 1. The van der Waals surface area contributed by atoms with Crippen molar-refractivity contribution in [3.05, 3.63) is 17.7 Å². The Morgan fingerprint density at radius 2 is 2.11 bits per heavy atom. The van der Waals surface area contributed by atoms with Gasteiger partial charge in [-0.15, -0.1) is 0 Å². The van der Waals surface area contributed by atoms with Gasteiger partial charge in [-0.25, -0.2) is 0 Å². The van der Waals surface area contributed by atoms with Crippen molar-refractivity contribution in [2.75, 3.05) is 40.0 Å². The van der Waals surface area contributed by atoms with Gasteiger partial charge in [0.25, 0.3) is 0 Å². The summed E-state index contributed by atoms with van der Waals surface area (Å²) in [6.07, 6.45) is 2.54. The minimum atomic E-state index is -2.91. The van der Waals surface area contributed by atoms with Crippen LogP contribution in [0.25, 0.3) is 0 Å². The normalized spacial score (nSPS) is 19.8. The van der Waals surface area contributed by atoms with Crippen LogP contribution in [0.3, 0.4) is 0 Å². The molecule has 1 aromatic carbocycles. The maximum Gasteiger partial charge on any atom is 0.387 e. The van der Waals surface area contributed by atoms with Crippen LogP contribution >= 0.6 is 0 Å². The van der Waals surface area contributed by atoms with Gasteiger partial charge >= 0.3 is 6.61 Å². The number of hydrogen-bond donors (Lipinski definition) is 2. The Morgan fingerprint density at radius 1 is 1.32 bits per heavy atom. The van der Waals surface area contributed by atoms with E-state index in [4.69, 9.17) is 9.47 Å². The molecular weight excluding hydrogens is 370 g/mol. The fourth-order valence-electron chi connectivity index (χ4n) is 3.53. The summed E-state index contributed by atoms with van der Waals surface area (Å²) in [6, 6.07) is 3.08. The van der Waals surface area contributed by atoms with Crippen LogP contribution in [0.15, 0.2) is 17.1 Å². The first-order valence-electron chi connectivity index (χ1n) is 9.59. The Balaban J connectivity index is 1.53. The predicted octanol–water partition coefficient (Wildman–Crippen LogP) is 2.41. The lowest BCUT2D eigenvalue weighted by Crippen LogP contribution is -2.43. The number of aliphatic imine (C=N–C) groups is 1. The highest BCUT2D eigenvalue weighted by Crippen LogP contribution is 2.38. The third kappa shape index (κ3) is 5.60. The summed E-state index contributed by atoms with van der Waals surface area (Å²) in [7, 11) is 1.68. The number of nitrogens with one attached hydrogen (secondary N) is 2. The molecule has 2 aliphatic rings. The first-order chi connectivity index (χ1) is 13.5. The lowest BCUT2D eigenvalue weighted by atomic mass is 10.0. The maximum absolute atomic E-state index is 12.7. The summed E-state index contributed by atoms with van der Waals surface area (Å²) < 4.78 is 40.7. The van der Waals surface area contributed by atoms with E-state index in [1.807, 2.05) is 0 Å². The SMILES string of the molecule is CN=C(NCCN1CCCC(C)C1)NCc1cc2c(cc1OC(F)F)OCO2. The Kier molecular flexibility index (Phi) is 7.13. The molecule has 0 bridgehead atoms. The minimum absolute atomic E-state index is 0.0597. The van der Waals surface area contributed by atoms with E-state index in [1.54, 1.807) is 13.1 Å². The van der Waals surface area contributed by atoms with Crippen molar-refractivity contribution < 1.29 is 23.0 Å². The van der Waals surface area contributed by atoms with Crippen LogP contribution in [0.4, 0.5) is 8.78 Å². The standard InChI is InChI=1S/C19H28F2N4O3/c1-13-4-3-6-25(11-13)7-5-23-19(22-2)24-10-14-8-16-17(27-12-26-16)9-15(14)28-18(20)21/h8-9,13,18H,3-7,10-12H2,1-2H3,(H2,22,23,24). The zero-order valence-corrected chi connectivity index (χ0v) is 16.3. The van der Waals surface area contributed by atoms with Gasteiger partial charge in [0.05, 0.1) is 0 Å². The molecule has 2 heterocycles. The molecule has 2 N–H and O–H groups in total. The molecule has 0 spiro atoms. The van der Waals surface area contributed by atoms with E-state index in [1.165, 1.54) is 18.9 Å². The molecule has 1 fully saturated rings. The number of guanidine groups is 1. The van der Waals surface area contributed by atoms with Crippen molar-refractivity contribution in [2.45, 2.75) is 32.9 Å². The van der Waals surface area contributed by atoms with Gasteiger partial charge in [-0.2, -0.15) is 8.78 Å². The molecule has 0 saturated carbocycles. The highest BCUT2D eigenvalue weighted by molar-refractivity contribution is 5.79. The molecule has 0 radical (unpaired) electrons. The Bertz CT molecular complexity index is 687. The van der Waals surface area contributed by atoms with Crippen molar-refractivity contribution in [3.63, 3.8) is 0 Å². The third-order valence-corrected chi connectivity index (χ3v) is 4.90. The zero-order chi connectivity index (χ0) is 19.9. The van der Waals surface area contributed by atoms with Crippen molar-refractivity contribution in [2.24, 2.45) is 10.9 Å². The highest BCUT2D eigenvalue weighted by Gasteiger charge is 2.20. The van der Waals surface area contributed by atoms with E-state index in [-0.39, 0.29) is 19.1 Å².